The number of methoxy groups -OCH3 is 1. The van der Waals surface area contributed by atoms with Crippen molar-refractivity contribution >= 4 is 15.9 Å². The molecule has 2 aromatic rings. The third kappa shape index (κ3) is 2.18. The molecule has 0 bridgehead atoms. The van der Waals surface area contributed by atoms with Crippen LogP contribution in [0.15, 0.2) is 47.1 Å². The highest BCUT2D eigenvalue weighted by molar-refractivity contribution is 9.10. The summed E-state index contributed by atoms with van der Waals surface area (Å²) in [5, 5.41) is 0. The molecule has 1 aromatic carbocycles. The molecule has 0 unspecified atom stereocenters. The summed E-state index contributed by atoms with van der Waals surface area (Å²) in [6, 6.07) is 11.7. The highest BCUT2D eigenvalue weighted by Crippen LogP contribution is 2.29. The highest BCUT2D eigenvalue weighted by atomic mass is 79.9. The molecule has 2 nitrogen and oxygen atoms in total. The fourth-order valence-electron chi connectivity index (χ4n) is 1.41. The van der Waals surface area contributed by atoms with Gasteiger partial charge >= 0.3 is 0 Å². The number of halogens is 1. The first-order valence-corrected chi connectivity index (χ1v) is 5.35. The van der Waals surface area contributed by atoms with Crippen molar-refractivity contribution < 1.29 is 4.74 Å². The molecule has 0 aliphatic rings. The minimum absolute atomic E-state index is 0.836. The minimum atomic E-state index is 0.836. The molecule has 0 aliphatic heterocycles. The van der Waals surface area contributed by atoms with E-state index in [1.54, 1.807) is 13.3 Å². The predicted octanol–water partition coefficient (Wildman–Crippen LogP) is 3.52. The lowest BCUT2D eigenvalue weighted by Gasteiger charge is -2.07. The second kappa shape index (κ2) is 4.45. The normalized spacial score (nSPS) is 10.0. The average Bonchev–Trinajstić information content (AvgIpc) is 2.29. The second-order valence-electron chi connectivity index (χ2n) is 3.06. The molecule has 15 heavy (non-hydrogen) atoms. The van der Waals surface area contributed by atoms with Crippen LogP contribution in [0.2, 0.25) is 0 Å². The molecule has 0 atom stereocenters. The summed E-state index contributed by atoms with van der Waals surface area (Å²) in [7, 11) is 1.66. The standard InChI is InChI=1S/C12H10BrNO/c1-15-12-5-3-2-4-10(12)11-8-9(13)6-7-14-11/h2-8H,1H3. The molecule has 76 valence electrons. The van der Waals surface area contributed by atoms with Crippen molar-refractivity contribution in [1.29, 1.82) is 0 Å². The summed E-state index contributed by atoms with van der Waals surface area (Å²) in [5.41, 5.74) is 1.91. The summed E-state index contributed by atoms with van der Waals surface area (Å²) in [5.74, 6) is 0.836. The summed E-state index contributed by atoms with van der Waals surface area (Å²) in [6.45, 7) is 0. The fraction of sp³-hybridized carbons (Fsp3) is 0.0833. The maximum atomic E-state index is 5.28. The third-order valence-corrected chi connectivity index (χ3v) is 2.60. The smallest absolute Gasteiger partial charge is 0.128 e. The van der Waals surface area contributed by atoms with Gasteiger partial charge in [0.25, 0.3) is 0 Å². The van der Waals surface area contributed by atoms with Crippen molar-refractivity contribution in [3.8, 4) is 17.0 Å². The molecule has 3 heteroatoms. The van der Waals surface area contributed by atoms with E-state index in [0.29, 0.717) is 0 Å². The van der Waals surface area contributed by atoms with Gasteiger partial charge in [-0.15, -0.1) is 0 Å². The molecule has 0 fully saturated rings. The van der Waals surface area contributed by atoms with Crippen molar-refractivity contribution in [3.05, 3.63) is 47.1 Å². The molecule has 0 N–H and O–H groups in total. The zero-order chi connectivity index (χ0) is 10.7. The Labute approximate surface area is 97.1 Å². The Kier molecular flexibility index (Phi) is 3.02. The topological polar surface area (TPSA) is 22.1 Å². The van der Waals surface area contributed by atoms with E-state index < -0.39 is 0 Å². The van der Waals surface area contributed by atoms with Crippen molar-refractivity contribution in [1.82, 2.24) is 4.98 Å². The van der Waals surface area contributed by atoms with Crippen LogP contribution in [0, 0.1) is 0 Å². The molecular formula is C12H10BrNO. The van der Waals surface area contributed by atoms with Crippen LogP contribution in [0.4, 0.5) is 0 Å². The zero-order valence-electron chi connectivity index (χ0n) is 8.27. The summed E-state index contributed by atoms with van der Waals surface area (Å²) >= 11 is 3.43. The van der Waals surface area contributed by atoms with E-state index in [1.807, 2.05) is 36.4 Å². The third-order valence-electron chi connectivity index (χ3n) is 2.10. The largest absolute Gasteiger partial charge is 0.496 e. The molecule has 0 saturated carbocycles. The van der Waals surface area contributed by atoms with E-state index in [1.165, 1.54) is 0 Å². The number of aromatic nitrogens is 1. The van der Waals surface area contributed by atoms with Crippen LogP contribution in [0.3, 0.4) is 0 Å². The zero-order valence-corrected chi connectivity index (χ0v) is 9.86. The Hall–Kier alpha value is -1.35. The van der Waals surface area contributed by atoms with Crippen LogP contribution in [0.25, 0.3) is 11.3 Å². The van der Waals surface area contributed by atoms with Crippen LogP contribution in [0.5, 0.6) is 5.75 Å². The van der Waals surface area contributed by atoms with Crippen LogP contribution >= 0.6 is 15.9 Å². The van der Waals surface area contributed by atoms with Crippen LogP contribution in [0.1, 0.15) is 0 Å². The number of hydrogen-bond donors (Lipinski definition) is 0. The molecular weight excluding hydrogens is 254 g/mol. The molecule has 0 aliphatic carbocycles. The molecule has 2 rings (SSSR count). The number of benzene rings is 1. The lowest BCUT2D eigenvalue weighted by atomic mass is 10.1. The van der Waals surface area contributed by atoms with Gasteiger partial charge in [-0.05, 0) is 24.3 Å². The number of nitrogens with zero attached hydrogens (tertiary/aromatic N) is 1. The monoisotopic (exact) mass is 263 g/mol. The van der Waals surface area contributed by atoms with E-state index in [-0.39, 0.29) is 0 Å². The van der Waals surface area contributed by atoms with E-state index in [2.05, 4.69) is 20.9 Å². The van der Waals surface area contributed by atoms with Crippen molar-refractivity contribution in [2.45, 2.75) is 0 Å². The van der Waals surface area contributed by atoms with Gasteiger partial charge < -0.3 is 4.74 Å². The first-order valence-electron chi connectivity index (χ1n) is 4.56. The maximum Gasteiger partial charge on any atom is 0.128 e. The van der Waals surface area contributed by atoms with Gasteiger partial charge in [-0.3, -0.25) is 4.98 Å². The van der Waals surface area contributed by atoms with Gasteiger partial charge in [0.1, 0.15) is 5.75 Å². The molecule has 0 radical (unpaired) electrons. The predicted molar refractivity (Wildman–Crippen MR) is 63.9 cm³/mol. The molecule has 1 heterocycles. The number of hydrogen-bond acceptors (Lipinski definition) is 2. The maximum absolute atomic E-state index is 5.28. The Morgan fingerprint density at radius 1 is 1.20 bits per heavy atom. The lowest BCUT2D eigenvalue weighted by Crippen LogP contribution is -1.89. The van der Waals surface area contributed by atoms with Gasteiger partial charge in [0, 0.05) is 16.2 Å². The first-order chi connectivity index (χ1) is 7.31. The Morgan fingerprint density at radius 2 is 2.00 bits per heavy atom. The Bertz CT molecular complexity index is 471. The van der Waals surface area contributed by atoms with Crippen LogP contribution < -0.4 is 4.74 Å². The number of pyridine rings is 1. The fourth-order valence-corrected chi connectivity index (χ4v) is 1.74. The van der Waals surface area contributed by atoms with Crippen molar-refractivity contribution in [3.63, 3.8) is 0 Å². The van der Waals surface area contributed by atoms with E-state index in [9.17, 15) is 0 Å². The summed E-state index contributed by atoms with van der Waals surface area (Å²) in [6.07, 6.45) is 1.77. The molecule has 0 saturated heterocycles. The molecule has 0 amide bonds. The highest BCUT2D eigenvalue weighted by Gasteiger charge is 2.05. The summed E-state index contributed by atoms with van der Waals surface area (Å²) in [4.78, 5) is 4.31. The minimum Gasteiger partial charge on any atom is -0.496 e. The Morgan fingerprint density at radius 3 is 2.73 bits per heavy atom. The van der Waals surface area contributed by atoms with Gasteiger partial charge in [0.15, 0.2) is 0 Å². The lowest BCUT2D eigenvalue weighted by molar-refractivity contribution is 0.416. The van der Waals surface area contributed by atoms with Gasteiger partial charge in [-0.2, -0.15) is 0 Å². The van der Waals surface area contributed by atoms with Gasteiger partial charge in [-0.25, -0.2) is 0 Å². The average molecular weight is 264 g/mol. The first kappa shape index (κ1) is 10.2. The van der Waals surface area contributed by atoms with E-state index in [0.717, 1.165) is 21.5 Å². The van der Waals surface area contributed by atoms with Crippen molar-refractivity contribution in [2.75, 3.05) is 7.11 Å². The number of rotatable bonds is 2. The SMILES string of the molecule is COc1ccccc1-c1cc(Br)ccn1. The quantitative estimate of drug-likeness (QED) is 0.827. The summed E-state index contributed by atoms with van der Waals surface area (Å²) < 4.78 is 6.30. The number of ether oxygens (including phenoxy) is 1. The van der Waals surface area contributed by atoms with Crippen LogP contribution in [-0.2, 0) is 0 Å². The van der Waals surface area contributed by atoms with Gasteiger partial charge in [0.2, 0.25) is 0 Å². The van der Waals surface area contributed by atoms with E-state index >= 15 is 0 Å². The second-order valence-corrected chi connectivity index (χ2v) is 3.98. The van der Waals surface area contributed by atoms with Gasteiger partial charge in [-0.1, -0.05) is 28.1 Å². The molecule has 1 aromatic heterocycles. The van der Waals surface area contributed by atoms with Crippen LogP contribution in [-0.4, -0.2) is 12.1 Å². The van der Waals surface area contributed by atoms with Gasteiger partial charge in [0.05, 0.1) is 12.8 Å². The number of para-hydroxylation sites is 1. The Balaban J connectivity index is 2.53. The van der Waals surface area contributed by atoms with Crippen molar-refractivity contribution in [2.24, 2.45) is 0 Å². The van der Waals surface area contributed by atoms with E-state index in [4.69, 9.17) is 4.74 Å². The molecule has 0 spiro atoms.